The zero-order valence-electron chi connectivity index (χ0n) is 8.74. The number of aldehydes is 1. The van der Waals surface area contributed by atoms with Gasteiger partial charge in [0, 0.05) is 12.8 Å². The summed E-state index contributed by atoms with van der Waals surface area (Å²) >= 11 is 0. The maximum absolute atomic E-state index is 10.0. The van der Waals surface area contributed by atoms with Crippen molar-refractivity contribution in [2.75, 3.05) is 0 Å². The van der Waals surface area contributed by atoms with E-state index in [1.165, 1.54) is 0 Å². The van der Waals surface area contributed by atoms with E-state index in [9.17, 15) is 9.90 Å². The highest BCUT2D eigenvalue weighted by Gasteiger charge is 2.02. The molecule has 0 amide bonds. The van der Waals surface area contributed by atoms with Gasteiger partial charge in [-0.2, -0.15) is 0 Å². The number of aliphatic hydroxyl groups excluding tert-OH is 1. The highest BCUT2D eigenvalue weighted by atomic mass is 16.3. The number of hydrogen-bond donors (Lipinski definition) is 1. The third kappa shape index (κ3) is 9.28. The van der Waals surface area contributed by atoms with E-state index in [2.05, 4.69) is 5.92 Å². The minimum absolute atomic E-state index is 0.209. The van der Waals surface area contributed by atoms with Crippen LogP contribution in [0.5, 0.6) is 0 Å². The summed E-state index contributed by atoms with van der Waals surface area (Å²) in [6.45, 7) is 0. The quantitative estimate of drug-likeness (QED) is 0.349. The molecule has 0 aromatic carbocycles. The lowest BCUT2D eigenvalue weighted by molar-refractivity contribution is -0.107. The van der Waals surface area contributed by atoms with E-state index >= 15 is 0 Å². The number of carbonyl (C=O) groups is 1. The van der Waals surface area contributed by atoms with Crippen LogP contribution in [0.2, 0.25) is 0 Å². The maximum atomic E-state index is 10.0. The van der Waals surface area contributed by atoms with Crippen LogP contribution < -0.4 is 0 Å². The van der Waals surface area contributed by atoms with Crippen molar-refractivity contribution in [2.24, 2.45) is 0 Å². The van der Waals surface area contributed by atoms with Crippen LogP contribution in [-0.4, -0.2) is 17.5 Å². The molecule has 0 heterocycles. The first-order valence-electron chi connectivity index (χ1n) is 5.36. The van der Waals surface area contributed by atoms with E-state index in [1.54, 1.807) is 0 Å². The van der Waals surface area contributed by atoms with Crippen molar-refractivity contribution in [1.29, 1.82) is 0 Å². The lowest BCUT2D eigenvalue weighted by Crippen LogP contribution is -2.05. The molecule has 0 rings (SSSR count). The van der Waals surface area contributed by atoms with Gasteiger partial charge in [0.15, 0.2) is 0 Å². The normalized spacial score (nSPS) is 12.0. The van der Waals surface area contributed by atoms with Crippen LogP contribution in [0.25, 0.3) is 0 Å². The van der Waals surface area contributed by atoms with E-state index in [-0.39, 0.29) is 6.10 Å². The monoisotopic (exact) mass is 196 g/mol. The van der Waals surface area contributed by atoms with Crippen LogP contribution in [0.4, 0.5) is 0 Å². The summed E-state index contributed by atoms with van der Waals surface area (Å²) in [6.07, 6.45) is 12.8. The second-order valence-electron chi connectivity index (χ2n) is 3.55. The minimum Gasteiger partial charge on any atom is -0.393 e. The van der Waals surface area contributed by atoms with Crippen LogP contribution >= 0.6 is 0 Å². The first kappa shape index (κ1) is 13.2. The fourth-order valence-electron chi connectivity index (χ4n) is 1.37. The smallest absolute Gasteiger partial charge is 0.119 e. The summed E-state index contributed by atoms with van der Waals surface area (Å²) in [5.74, 6) is 2.56. The molecule has 0 aliphatic rings. The Morgan fingerprint density at radius 1 is 1.21 bits per heavy atom. The summed E-state index contributed by atoms with van der Waals surface area (Å²) < 4.78 is 0. The Morgan fingerprint density at radius 2 is 1.93 bits per heavy atom. The molecule has 0 saturated heterocycles. The van der Waals surface area contributed by atoms with E-state index in [0.29, 0.717) is 6.42 Å². The molecule has 0 saturated carbocycles. The molecule has 1 atom stereocenters. The number of aliphatic hydroxyl groups is 1. The second kappa shape index (κ2) is 10.3. The average Bonchev–Trinajstić information content (AvgIpc) is 2.18. The van der Waals surface area contributed by atoms with E-state index < -0.39 is 0 Å². The largest absolute Gasteiger partial charge is 0.393 e. The zero-order valence-corrected chi connectivity index (χ0v) is 8.74. The first-order chi connectivity index (χ1) is 6.81. The van der Waals surface area contributed by atoms with Gasteiger partial charge in [0.2, 0.25) is 0 Å². The van der Waals surface area contributed by atoms with Crippen molar-refractivity contribution in [1.82, 2.24) is 0 Å². The second-order valence-corrected chi connectivity index (χ2v) is 3.55. The Bertz CT molecular complexity index is 170. The number of terminal acetylenes is 1. The van der Waals surface area contributed by atoms with Gasteiger partial charge in [-0.25, -0.2) is 0 Å². The van der Waals surface area contributed by atoms with E-state index in [0.717, 1.165) is 51.2 Å². The van der Waals surface area contributed by atoms with Crippen molar-refractivity contribution in [3.8, 4) is 12.3 Å². The summed E-state index contributed by atoms with van der Waals surface area (Å²) in [5.41, 5.74) is 0. The Hall–Kier alpha value is -0.810. The third-order valence-corrected chi connectivity index (χ3v) is 2.22. The topological polar surface area (TPSA) is 37.3 Å². The van der Waals surface area contributed by atoms with Crippen molar-refractivity contribution in [3.63, 3.8) is 0 Å². The van der Waals surface area contributed by atoms with Gasteiger partial charge >= 0.3 is 0 Å². The van der Waals surface area contributed by atoms with Gasteiger partial charge in [-0.1, -0.05) is 12.8 Å². The van der Waals surface area contributed by atoms with Crippen LogP contribution in [0.3, 0.4) is 0 Å². The zero-order chi connectivity index (χ0) is 10.6. The van der Waals surface area contributed by atoms with Crippen LogP contribution in [-0.2, 0) is 4.79 Å². The summed E-state index contributed by atoms with van der Waals surface area (Å²) in [6, 6.07) is 0. The van der Waals surface area contributed by atoms with Gasteiger partial charge in [-0.15, -0.1) is 12.3 Å². The molecule has 0 aliphatic carbocycles. The standard InChI is InChI=1S/C12H20O2/c1-2-3-6-9-12(14)10-7-4-5-8-11-13/h1,11-12,14H,3-10H2. The highest BCUT2D eigenvalue weighted by Crippen LogP contribution is 2.09. The fourth-order valence-corrected chi connectivity index (χ4v) is 1.37. The molecule has 1 unspecified atom stereocenters. The Kier molecular flexibility index (Phi) is 9.68. The average molecular weight is 196 g/mol. The lowest BCUT2D eigenvalue weighted by Gasteiger charge is -2.08. The van der Waals surface area contributed by atoms with Gasteiger partial charge in [-0.05, 0) is 25.7 Å². The van der Waals surface area contributed by atoms with Gasteiger partial charge in [0.05, 0.1) is 6.10 Å². The number of carbonyl (C=O) groups excluding carboxylic acids is 1. The predicted octanol–water partition coefficient (Wildman–Crippen LogP) is 2.30. The van der Waals surface area contributed by atoms with Crippen LogP contribution in [0.15, 0.2) is 0 Å². The summed E-state index contributed by atoms with van der Waals surface area (Å²) in [5, 5.41) is 9.49. The molecule has 0 bridgehead atoms. The van der Waals surface area contributed by atoms with E-state index in [1.807, 2.05) is 0 Å². The lowest BCUT2D eigenvalue weighted by atomic mass is 10.0. The van der Waals surface area contributed by atoms with Gasteiger partial charge in [0.1, 0.15) is 6.29 Å². The van der Waals surface area contributed by atoms with Crippen molar-refractivity contribution in [2.45, 2.75) is 57.5 Å². The van der Waals surface area contributed by atoms with Crippen LogP contribution in [0, 0.1) is 12.3 Å². The molecule has 0 spiro atoms. The summed E-state index contributed by atoms with van der Waals surface area (Å²) in [4.78, 5) is 10.0. The van der Waals surface area contributed by atoms with Crippen LogP contribution in [0.1, 0.15) is 51.4 Å². The Labute approximate surface area is 86.7 Å². The molecule has 0 radical (unpaired) electrons. The Balaban J connectivity index is 3.14. The van der Waals surface area contributed by atoms with Gasteiger partial charge in [-0.3, -0.25) is 0 Å². The molecule has 1 N–H and O–H groups in total. The van der Waals surface area contributed by atoms with Gasteiger partial charge < -0.3 is 9.90 Å². The molecule has 0 aromatic heterocycles. The minimum atomic E-state index is -0.209. The SMILES string of the molecule is C#CCCCC(O)CCCCCC=O. The molecule has 14 heavy (non-hydrogen) atoms. The Morgan fingerprint density at radius 3 is 2.57 bits per heavy atom. The molecular weight excluding hydrogens is 176 g/mol. The molecule has 80 valence electrons. The third-order valence-electron chi connectivity index (χ3n) is 2.22. The fraction of sp³-hybridized carbons (Fsp3) is 0.750. The number of rotatable bonds is 9. The van der Waals surface area contributed by atoms with Crippen molar-refractivity contribution in [3.05, 3.63) is 0 Å². The predicted molar refractivity (Wildman–Crippen MR) is 57.8 cm³/mol. The summed E-state index contributed by atoms with van der Waals surface area (Å²) in [7, 11) is 0. The highest BCUT2D eigenvalue weighted by molar-refractivity contribution is 5.48. The number of hydrogen-bond acceptors (Lipinski definition) is 2. The molecule has 2 nitrogen and oxygen atoms in total. The molecule has 0 fully saturated rings. The molecule has 2 heteroatoms. The molecular formula is C12H20O2. The van der Waals surface area contributed by atoms with Crippen molar-refractivity contribution >= 4 is 6.29 Å². The molecule has 0 aromatic rings. The van der Waals surface area contributed by atoms with Gasteiger partial charge in [0.25, 0.3) is 0 Å². The van der Waals surface area contributed by atoms with Crippen molar-refractivity contribution < 1.29 is 9.90 Å². The van der Waals surface area contributed by atoms with E-state index in [4.69, 9.17) is 6.42 Å². The molecule has 0 aliphatic heterocycles. The maximum Gasteiger partial charge on any atom is 0.119 e. The first-order valence-corrected chi connectivity index (χ1v) is 5.36. The number of unbranched alkanes of at least 4 members (excludes halogenated alkanes) is 4.